The summed E-state index contributed by atoms with van der Waals surface area (Å²) in [5.41, 5.74) is 4.13. The number of nitrogens with zero attached hydrogens (tertiary/aromatic N) is 6. The van der Waals surface area contributed by atoms with Crippen LogP contribution in [0.1, 0.15) is 30.1 Å². The summed E-state index contributed by atoms with van der Waals surface area (Å²) in [7, 11) is 0. The maximum absolute atomic E-state index is 11.8. The number of tetrazole rings is 1. The molecule has 0 spiro atoms. The molecule has 2 aromatic carbocycles. The number of para-hydroxylation sites is 1. The second-order valence-corrected chi connectivity index (χ2v) is 9.82. The highest BCUT2D eigenvalue weighted by molar-refractivity contribution is 5.82. The number of hydrogen-bond acceptors (Lipinski definition) is 5. The van der Waals surface area contributed by atoms with Crippen molar-refractivity contribution in [2.75, 3.05) is 13.1 Å². The third kappa shape index (κ3) is 3.52. The Kier molecular flexibility index (Phi) is 5.23. The zero-order valence-electron chi connectivity index (χ0n) is 19.1. The maximum Gasteiger partial charge on any atom is 0.143 e. The summed E-state index contributed by atoms with van der Waals surface area (Å²) in [5, 5.41) is 24.3. The highest BCUT2D eigenvalue weighted by Crippen LogP contribution is 2.48. The molecule has 0 amide bonds. The lowest BCUT2D eigenvalue weighted by molar-refractivity contribution is -0.984. The number of rotatable bonds is 6. The summed E-state index contributed by atoms with van der Waals surface area (Å²) in [5.74, 6) is 1.08. The molecule has 7 nitrogen and oxygen atoms in total. The van der Waals surface area contributed by atoms with Crippen molar-refractivity contribution in [1.29, 1.82) is 0 Å². The Bertz CT molecular complexity index is 1300. The van der Waals surface area contributed by atoms with Crippen LogP contribution in [-0.2, 0) is 6.54 Å². The van der Waals surface area contributed by atoms with Crippen LogP contribution in [0.25, 0.3) is 16.6 Å². The van der Waals surface area contributed by atoms with Crippen molar-refractivity contribution in [3.63, 3.8) is 0 Å². The van der Waals surface area contributed by atoms with Crippen molar-refractivity contribution in [2.45, 2.75) is 31.5 Å². The van der Waals surface area contributed by atoms with Crippen molar-refractivity contribution in [2.24, 2.45) is 11.8 Å². The Morgan fingerprint density at radius 1 is 1.15 bits per heavy atom. The Hall–Kier alpha value is -3.42. The van der Waals surface area contributed by atoms with Crippen LogP contribution < -0.4 is 0 Å². The van der Waals surface area contributed by atoms with Crippen LogP contribution in [0, 0.1) is 11.8 Å². The number of quaternary nitrogens is 1. The summed E-state index contributed by atoms with van der Waals surface area (Å²) in [6, 6.07) is 18.7. The molecule has 3 aliphatic rings. The molecule has 7 heteroatoms. The summed E-state index contributed by atoms with van der Waals surface area (Å²) >= 11 is 0. The molecule has 3 unspecified atom stereocenters. The van der Waals surface area contributed by atoms with Crippen molar-refractivity contribution < 1.29 is 9.59 Å². The molecule has 34 heavy (non-hydrogen) atoms. The van der Waals surface area contributed by atoms with Crippen molar-refractivity contribution in [3.8, 4) is 5.69 Å². The first-order chi connectivity index (χ1) is 16.7. The molecule has 2 bridgehead atoms. The molecular formula is C27H29N6O+. The van der Waals surface area contributed by atoms with E-state index in [-0.39, 0.29) is 6.04 Å². The minimum absolute atomic E-state index is 0.139. The fourth-order valence-corrected chi connectivity index (χ4v) is 6.36. The van der Waals surface area contributed by atoms with Gasteiger partial charge in [0.25, 0.3) is 0 Å². The lowest BCUT2D eigenvalue weighted by Crippen LogP contribution is -2.67. The molecule has 3 aliphatic heterocycles. The third-order valence-electron chi connectivity index (χ3n) is 8.09. The average Bonchev–Trinajstić information content (AvgIpc) is 3.43. The fraction of sp³-hybridized carbons (Fsp3) is 0.333. The Balaban J connectivity index is 1.35. The number of fused-ring (bicyclic) bond motifs is 4. The third-order valence-corrected chi connectivity index (χ3v) is 8.09. The lowest BCUT2D eigenvalue weighted by Gasteiger charge is -2.58. The van der Waals surface area contributed by atoms with E-state index in [0.29, 0.717) is 11.8 Å². The zero-order chi connectivity index (χ0) is 23.1. The molecular weight excluding hydrogens is 424 g/mol. The first kappa shape index (κ1) is 21.1. The van der Waals surface area contributed by atoms with Crippen LogP contribution in [0.3, 0.4) is 0 Å². The van der Waals surface area contributed by atoms with Crippen LogP contribution in [0.15, 0.2) is 79.8 Å². The second-order valence-electron chi connectivity index (χ2n) is 9.82. The van der Waals surface area contributed by atoms with E-state index < -0.39 is 6.10 Å². The first-order valence-electron chi connectivity index (χ1n) is 12.0. The summed E-state index contributed by atoms with van der Waals surface area (Å²) < 4.78 is 2.55. The minimum Gasteiger partial charge on any atom is -0.382 e. The number of hydrogen-bond donors (Lipinski definition) is 1. The molecule has 3 fully saturated rings. The van der Waals surface area contributed by atoms with Gasteiger partial charge in [0, 0.05) is 35.9 Å². The van der Waals surface area contributed by atoms with Crippen molar-refractivity contribution >= 4 is 10.9 Å². The SMILES string of the molecule is C=CC1C[N+]2(Cc3ccc(-n4cnnn4)cc3)CCC1C[C@H]2[C@H](O)c1ccnc2ccccc12. The Labute approximate surface area is 199 Å². The maximum atomic E-state index is 11.8. The van der Waals surface area contributed by atoms with E-state index in [2.05, 4.69) is 63.5 Å². The monoisotopic (exact) mass is 453 g/mol. The summed E-state index contributed by atoms with van der Waals surface area (Å²) in [6.07, 6.45) is 7.22. The number of pyridine rings is 1. The van der Waals surface area contributed by atoms with E-state index in [4.69, 9.17) is 0 Å². The van der Waals surface area contributed by atoms with Crippen molar-refractivity contribution in [3.05, 3.63) is 90.9 Å². The first-order valence-corrected chi connectivity index (χ1v) is 12.0. The largest absolute Gasteiger partial charge is 0.382 e. The van der Waals surface area contributed by atoms with Crippen LogP contribution >= 0.6 is 0 Å². The topological polar surface area (TPSA) is 76.7 Å². The molecule has 0 aliphatic carbocycles. The molecule has 5 heterocycles. The number of benzene rings is 2. The molecule has 2 aromatic heterocycles. The summed E-state index contributed by atoms with van der Waals surface area (Å²) in [6.45, 7) is 7.13. The normalized spacial score (nSPS) is 27.0. The highest BCUT2D eigenvalue weighted by Gasteiger charge is 2.53. The minimum atomic E-state index is -0.540. The number of aromatic nitrogens is 5. The molecule has 7 rings (SSSR count). The van der Waals surface area contributed by atoms with E-state index in [1.165, 1.54) is 12.0 Å². The lowest BCUT2D eigenvalue weighted by atomic mass is 9.71. The quantitative estimate of drug-likeness (QED) is 0.354. The predicted molar refractivity (Wildman–Crippen MR) is 130 cm³/mol. The van der Waals surface area contributed by atoms with E-state index >= 15 is 0 Å². The van der Waals surface area contributed by atoms with Crippen LogP contribution in [0.4, 0.5) is 0 Å². The van der Waals surface area contributed by atoms with E-state index in [1.54, 1.807) is 11.0 Å². The molecule has 172 valence electrons. The van der Waals surface area contributed by atoms with Gasteiger partial charge in [-0.05, 0) is 46.2 Å². The van der Waals surface area contributed by atoms with Crippen LogP contribution in [0.5, 0.6) is 0 Å². The predicted octanol–water partition coefficient (Wildman–Crippen LogP) is 3.86. The number of aliphatic hydroxyl groups excluding tert-OH is 1. The van der Waals surface area contributed by atoms with Gasteiger partial charge in [0.05, 0.1) is 24.3 Å². The molecule has 4 aromatic rings. The van der Waals surface area contributed by atoms with Gasteiger partial charge in [-0.2, -0.15) is 0 Å². The Morgan fingerprint density at radius 2 is 2.00 bits per heavy atom. The van der Waals surface area contributed by atoms with E-state index in [1.807, 2.05) is 30.5 Å². The Morgan fingerprint density at radius 3 is 2.79 bits per heavy atom. The van der Waals surface area contributed by atoms with Gasteiger partial charge in [-0.1, -0.05) is 36.4 Å². The molecule has 5 atom stereocenters. The standard InChI is InChI=1S/C27H29N6O/c1-2-20-17-33(16-19-7-9-22(10-8-19)32-18-29-30-31-32)14-12-21(20)15-26(33)27(34)24-11-13-28-25-6-4-3-5-23(24)25/h2-11,13,18,20-21,26-27,34H,1,12,14-17H2/q+1/t20?,21?,26-,27+,33?/m0/s1. The highest BCUT2D eigenvalue weighted by atomic mass is 16.3. The van der Waals surface area contributed by atoms with Gasteiger partial charge < -0.3 is 9.59 Å². The van der Waals surface area contributed by atoms with E-state index in [9.17, 15) is 5.11 Å². The summed E-state index contributed by atoms with van der Waals surface area (Å²) in [4.78, 5) is 4.51. The average molecular weight is 454 g/mol. The molecule has 0 saturated carbocycles. The molecule has 0 radical (unpaired) electrons. The van der Waals surface area contributed by atoms with Crippen LogP contribution in [-0.4, -0.2) is 53.9 Å². The number of aliphatic hydroxyl groups is 1. The molecule has 3 saturated heterocycles. The van der Waals surface area contributed by atoms with Gasteiger partial charge >= 0.3 is 0 Å². The van der Waals surface area contributed by atoms with Crippen molar-refractivity contribution in [1.82, 2.24) is 25.2 Å². The zero-order valence-corrected chi connectivity index (χ0v) is 19.1. The van der Waals surface area contributed by atoms with Gasteiger partial charge in [0.15, 0.2) is 0 Å². The number of piperidine rings is 3. The van der Waals surface area contributed by atoms with Gasteiger partial charge in [0.1, 0.15) is 25.0 Å². The smallest absolute Gasteiger partial charge is 0.143 e. The van der Waals surface area contributed by atoms with Gasteiger partial charge in [-0.15, -0.1) is 11.7 Å². The second kappa shape index (κ2) is 8.42. The molecule has 1 N–H and O–H groups in total. The van der Waals surface area contributed by atoms with Gasteiger partial charge in [-0.3, -0.25) is 4.98 Å². The van der Waals surface area contributed by atoms with E-state index in [0.717, 1.165) is 52.7 Å². The van der Waals surface area contributed by atoms with Gasteiger partial charge in [0.2, 0.25) is 0 Å². The fourth-order valence-electron chi connectivity index (χ4n) is 6.36. The van der Waals surface area contributed by atoms with Crippen LogP contribution in [0.2, 0.25) is 0 Å². The van der Waals surface area contributed by atoms with Gasteiger partial charge in [-0.25, -0.2) is 4.68 Å².